The van der Waals surface area contributed by atoms with Crippen molar-refractivity contribution in [2.45, 2.75) is 31.6 Å². The second-order valence-electron chi connectivity index (χ2n) is 4.74. The van der Waals surface area contributed by atoms with E-state index >= 15 is 0 Å². The number of H-pyrrole nitrogens is 1. The smallest absolute Gasteiger partial charge is 0.259 e. The van der Waals surface area contributed by atoms with Crippen LogP contribution >= 0.6 is 0 Å². The van der Waals surface area contributed by atoms with Gasteiger partial charge in [-0.15, -0.1) is 0 Å². The van der Waals surface area contributed by atoms with E-state index < -0.39 is 5.82 Å². The zero-order valence-corrected chi connectivity index (χ0v) is 9.50. The van der Waals surface area contributed by atoms with Crippen LogP contribution in [0.3, 0.4) is 0 Å². The summed E-state index contributed by atoms with van der Waals surface area (Å²) in [4.78, 5) is 14.7. The predicted molar refractivity (Wildman–Crippen MR) is 65.7 cm³/mol. The predicted octanol–water partition coefficient (Wildman–Crippen LogP) is 3.32. The number of halogens is 1. The molecule has 0 bridgehead atoms. The minimum Gasteiger partial charge on any atom is -0.325 e. The van der Waals surface area contributed by atoms with Gasteiger partial charge in [0.15, 0.2) is 0 Å². The summed E-state index contributed by atoms with van der Waals surface area (Å²) in [7, 11) is 0. The molecule has 2 nitrogen and oxygen atoms in total. The molecular formula is C14H14FNO. The molecule has 1 heterocycles. The van der Waals surface area contributed by atoms with Crippen LogP contribution in [0, 0.1) is 5.82 Å². The highest BCUT2D eigenvalue weighted by atomic mass is 19.1. The molecule has 0 radical (unpaired) electrons. The number of hydrogen-bond acceptors (Lipinski definition) is 1. The molecule has 1 aliphatic rings. The van der Waals surface area contributed by atoms with Gasteiger partial charge in [0, 0.05) is 5.69 Å². The van der Waals surface area contributed by atoms with Crippen LogP contribution in [-0.4, -0.2) is 4.98 Å². The lowest BCUT2D eigenvalue weighted by molar-refractivity contribution is 0.637. The third-order valence-corrected chi connectivity index (χ3v) is 3.64. The summed E-state index contributed by atoms with van der Waals surface area (Å²) in [6.45, 7) is 0. The van der Waals surface area contributed by atoms with Gasteiger partial charge in [-0.05, 0) is 36.3 Å². The van der Waals surface area contributed by atoms with E-state index in [1.807, 2.05) is 6.07 Å². The summed E-state index contributed by atoms with van der Waals surface area (Å²) in [5.41, 5.74) is 0.660. The van der Waals surface area contributed by atoms with Crippen molar-refractivity contribution in [3.8, 4) is 0 Å². The Kier molecular flexibility index (Phi) is 2.46. The fourth-order valence-corrected chi connectivity index (χ4v) is 2.75. The summed E-state index contributed by atoms with van der Waals surface area (Å²) in [6, 6.07) is 6.70. The van der Waals surface area contributed by atoms with Gasteiger partial charge in [-0.1, -0.05) is 25.0 Å². The molecule has 1 aromatic heterocycles. The number of aromatic nitrogens is 1. The van der Waals surface area contributed by atoms with E-state index in [9.17, 15) is 9.18 Å². The van der Waals surface area contributed by atoms with Gasteiger partial charge < -0.3 is 4.98 Å². The fraction of sp³-hybridized carbons (Fsp3) is 0.357. The van der Waals surface area contributed by atoms with Crippen LogP contribution in [0.1, 0.15) is 37.3 Å². The maximum atomic E-state index is 13.5. The Hall–Kier alpha value is -1.64. The second-order valence-corrected chi connectivity index (χ2v) is 4.74. The normalized spacial score (nSPS) is 16.8. The van der Waals surface area contributed by atoms with Crippen LogP contribution < -0.4 is 5.56 Å². The summed E-state index contributed by atoms with van der Waals surface area (Å²) >= 11 is 0. The van der Waals surface area contributed by atoms with Gasteiger partial charge in [-0.3, -0.25) is 4.79 Å². The molecule has 0 saturated heterocycles. The van der Waals surface area contributed by atoms with Crippen LogP contribution in [0.15, 0.2) is 29.1 Å². The molecule has 1 saturated carbocycles. The number of pyridine rings is 1. The lowest BCUT2D eigenvalue weighted by atomic mass is 10.0. The van der Waals surface area contributed by atoms with Crippen molar-refractivity contribution < 1.29 is 4.39 Å². The molecule has 1 aliphatic carbocycles. The summed E-state index contributed by atoms with van der Waals surface area (Å²) in [6.07, 6.45) is 4.68. The van der Waals surface area contributed by atoms with Crippen molar-refractivity contribution in [3.05, 3.63) is 46.1 Å². The highest BCUT2D eigenvalue weighted by Crippen LogP contribution is 2.33. The van der Waals surface area contributed by atoms with Crippen LogP contribution in [0.4, 0.5) is 4.39 Å². The Labute approximate surface area is 98.5 Å². The van der Waals surface area contributed by atoms with Crippen molar-refractivity contribution >= 4 is 10.8 Å². The lowest BCUT2D eigenvalue weighted by Crippen LogP contribution is -2.12. The molecule has 1 aromatic carbocycles. The number of benzene rings is 1. The Morgan fingerprint density at radius 1 is 1.24 bits per heavy atom. The molecule has 0 amide bonds. The van der Waals surface area contributed by atoms with E-state index in [2.05, 4.69) is 4.98 Å². The van der Waals surface area contributed by atoms with Crippen molar-refractivity contribution in [2.24, 2.45) is 0 Å². The van der Waals surface area contributed by atoms with Crippen LogP contribution in [0.5, 0.6) is 0 Å². The molecule has 0 aliphatic heterocycles. The molecule has 0 atom stereocenters. The van der Waals surface area contributed by atoms with Crippen LogP contribution in [0.25, 0.3) is 10.8 Å². The first-order valence-electron chi connectivity index (χ1n) is 6.07. The zero-order chi connectivity index (χ0) is 11.8. The lowest BCUT2D eigenvalue weighted by Gasteiger charge is -2.10. The Morgan fingerprint density at radius 2 is 2.00 bits per heavy atom. The highest BCUT2D eigenvalue weighted by Gasteiger charge is 2.19. The quantitative estimate of drug-likeness (QED) is 0.802. The highest BCUT2D eigenvalue weighted by molar-refractivity contribution is 5.82. The Balaban J connectivity index is 2.20. The molecule has 1 fully saturated rings. The second kappa shape index (κ2) is 3.99. The molecule has 2 aromatic rings. The molecule has 88 valence electrons. The summed E-state index contributed by atoms with van der Waals surface area (Å²) in [5.74, 6) is -0.00270. The van der Waals surface area contributed by atoms with Gasteiger partial charge >= 0.3 is 0 Å². The largest absolute Gasteiger partial charge is 0.325 e. The molecular weight excluding hydrogens is 217 g/mol. The van der Waals surface area contributed by atoms with Crippen molar-refractivity contribution in [3.63, 3.8) is 0 Å². The van der Waals surface area contributed by atoms with Gasteiger partial charge in [0.05, 0.1) is 5.39 Å². The number of hydrogen-bond donors (Lipinski definition) is 1. The maximum absolute atomic E-state index is 13.5. The number of aromatic amines is 1. The minimum atomic E-state index is -0.443. The molecule has 3 rings (SSSR count). The molecule has 0 unspecified atom stereocenters. The summed E-state index contributed by atoms with van der Waals surface area (Å²) in [5, 5.41) is 0.880. The van der Waals surface area contributed by atoms with Crippen LogP contribution in [-0.2, 0) is 0 Å². The maximum Gasteiger partial charge on any atom is 0.259 e. The van der Waals surface area contributed by atoms with E-state index in [4.69, 9.17) is 0 Å². The van der Waals surface area contributed by atoms with Crippen molar-refractivity contribution in [2.75, 3.05) is 0 Å². The Bertz CT molecular complexity index is 611. The third-order valence-electron chi connectivity index (χ3n) is 3.64. The summed E-state index contributed by atoms with van der Waals surface area (Å²) < 4.78 is 13.5. The topological polar surface area (TPSA) is 32.9 Å². The average molecular weight is 231 g/mol. The van der Waals surface area contributed by atoms with Crippen LogP contribution in [0.2, 0.25) is 0 Å². The van der Waals surface area contributed by atoms with E-state index in [1.165, 1.54) is 18.9 Å². The van der Waals surface area contributed by atoms with Gasteiger partial charge in [0.25, 0.3) is 5.56 Å². The first-order chi connectivity index (χ1) is 8.25. The van der Waals surface area contributed by atoms with Gasteiger partial charge in [0.1, 0.15) is 5.82 Å². The van der Waals surface area contributed by atoms with Crippen molar-refractivity contribution in [1.29, 1.82) is 0 Å². The van der Waals surface area contributed by atoms with Gasteiger partial charge in [-0.25, -0.2) is 4.39 Å². The monoisotopic (exact) mass is 231 g/mol. The van der Waals surface area contributed by atoms with E-state index in [0.29, 0.717) is 11.3 Å². The molecule has 1 N–H and O–H groups in total. The first kappa shape index (κ1) is 10.5. The van der Waals surface area contributed by atoms with Gasteiger partial charge in [0.2, 0.25) is 0 Å². The zero-order valence-electron chi connectivity index (χ0n) is 9.50. The third kappa shape index (κ3) is 1.75. The minimum absolute atomic E-state index is 0.175. The van der Waals surface area contributed by atoms with Crippen molar-refractivity contribution in [1.82, 2.24) is 4.98 Å². The molecule has 17 heavy (non-hydrogen) atoms. The van der Waals surface area contributed by atoms with E-state index in [1.54, 1.807) is 12.1 Å². The standard InChI is InChI=1S/C14H14FNO/c15-11-7-3-6-10-8-12(9-4-1-2-5-9)16-14(17)13(10)11/h3,6-9H,1-2,4-5H2,(H,16,17). The SMILES string of the molecule is O=c1[nH]c(C2CCCC2)cc2cccc(F)c12. The molecule has 3 heteroatoms. The van der Waals surface area contributed by atoms with Gasteiger partial charge in [-0.2, -0.15) is 0 Å². The number of fused-ring (bicyclic) bond motifs is 1. The fourth-order valence-electron chi connectivity index (χ4n) is 2.75. The number of nitrogens with one attached hydrogen (secondary N) is 1. The Morgan fingerprint density at radius 3 is 2.76 bits per heavy atom. The first-order valence-corrected chi connectivity index (χ1v) is 6.07. The van der Waals surface area contributed by atoms with E-state index in [0.717, 1.165) is 18.5 Å². The average Bonchev–Trinajstić information content (AvgIpc) is 2.81. The molecule has 0 spiro atoms. The van der Waals surface area contributed by atoms with E-state index in [-0.39, 0.29) is 10.9 Å². The number of rotatable bonds is 1.